The maximum atomic E-state index is 6.28. The summed E-state index contributed by atoms with van der Waals surface area (Å²) in [6.07, 6.45) is 6.63. The van der Waals surface area contributed by atoms with Gasteiger partial charge in [0.1, 0.15) is 18.6 Å². The van der Waals surface area contributed by atoms with Crippen LogP contribution in [0.5, 0.6) is 0 Å². The lowest BCUT2D eigenvalue weighted by atomic mass is 9.85. The van der Waals surface area contributed by atoms with E-state index in [1.165, 1.54) is 22.4 Å². The summed E-state index contributed by atoms with van der Waals surface area (Å²) >= 11 is 0. The summed E-state index contributed by atoms with van der Waals surface area (Å²) < 4.78 is 8.48. The molecule has 2 nitrogen and oxygen atoms in total. The molecule has 126 valence electrons. The normalized spacial score (nSPS) is 17.9. The van der Waals surface area contributed by atoms with Gasteiger partial charge in [0.05, 0.1) is 11.1 Å². The third-order valence-corrected chi connectivity index (χ3v) is 4.48. The van der Waals surface area contributed by atoms with Gasteiger partial charge in [0.15, 0.2) is 6.21 Å². The van der Waals surface area contributed by atoms with Gasteiger partial charge in [0.2, 0.25) is 5.69 Å². The Kier molecular flexibility index (Phi) is 3.82. The smallest absolute Gasteiger partial charge is 0.213 e. The van der Waals surface area contributed by atoms with Crippen LogP contribution in [0.1, 0.15) is 47.1 Å². The predicted octanol–water partition coefficient (Wildman–Crippen LogP) is 5.69. The Labute approximate surface area is 145 Å². The summed E-state index contributed by atoms with van der Waals surface area (Å²) in [4.78, 5) is 0. The van der Waals surface area contributed by atoms with Crippen molar-refractivity contribution in [2.75, 3.05) is 7.05 Å². The highest BCUT2D eigenvalue weighted by atomic mass is 16.5. The van der Waals surface area contributed by atoms with Gasteiger partial charge < -0.3 is 4.74 Å². The molecular weight excluding hydrogens is 294 g/mol. The Morgan fingerprint density at radius 1 is 0.833 bits per heavy atom. The van der Waals surface area contributed by atoms with E-state index < -0.39 is 0 Å². The highest BCUT2D eigenvalue weighted by molar-refractivity contribution is 6.14. The molecule has 1 aromatic rings. The number of rotatable bonds is 0. The van der Waals surface area contributed by atoms with Gasteiger partial charge in [-0.25, -0.2) is 4.58 Å². The SMILES string of the molecule is C[N+]1=CC(=C2C=C(C(C)(C)C)OC(C(C)(C)C)=C2)c2ccccc21. The van der Waals surface area contributed by atoms with Gasteiger partial charge in [-0.1, -0.05) is 53.7 Å². The quantitative estimate of drug-likeness (QED) is 0.559. The monoisotopic (exact) mass is 322 g/mol. The van der Waals surface area contributed by atoms with Gasteiger partial charge >= 0.3 is 0 Å². The molecule has 0 aromatic heterocycles. The first-order valence-corrected chi connectivity index (χ1v) is 8.61. The number of hydrogen-bond acceptors (Lipinski definition) is 1. The first-order valence-electron chi connectivity index (χ1n) is 8.61. The van der Waals surface area contributed by atoms with Crippen LogP contribution in [0.2, 0.25) is 0 Å². The Bertz CT molecular complexity index is 773. The van der Waals surface area contributed by atoms with Crippen LogP contribution in [-0.2, 0) is 4.74 Å². The predicted molar refractivity (Wildman–Crippen MR) is 101 cm³/mol. The molecule has 0 N–H and O–H groups in total. The van der Waals surface area contributed by atoms with Gasteiger partial charge in [-0.05, 0) is 23.8 Å². The maximum Gasteiger partial charge on any atom is 0.213 e. The Hall–Kier alpha value is -2.09. The maximum absolute atomic E-state index is 6.28. The number of fused-ring (bicyclic) bond motifs is 1. The average Bonchev–Trinajstić information content (AvgIpc) is 2.83. The minimum Gasteiger partial charge on any atom is -0.465 e. The second kappa shape index (κ2) is 5.47. The van der Waals surface area contributed by atoms with E-state index in [2.05, 4.69) is 95.8 Å². The van der Waals surface area contributed by atoms with Crippen LogP contribution >= 0.6 is 0 Å². The van der Waals surface area contributed by atoms with Gasteiger partial charge in [-0.2, -0.15) is 0 Å². The fraction of sp³-hybridized carbons (Fsp3) is 0.409. The number of allylic oxidation sites excluding steroid dienone is 6. The molecule has 0 amide bonds. The zero-order chi connectivity index (χ0) is 17.7. The van der Waals surface area contributed by atoms with E-state index >= 15 is 0 Å². The van der Waals surface area contributed by atoms with E-state index in [0.717, 1.165) is 11.5 Å². The summed E-state index contributed by atoms with van der Waals surface area (Å²) in [6, 6.07) is 8.56. The number of nitrogens with zero attached hydrogens (tertiary/aromatic N) is 1. The minimum atomic E-state index is -0.0272. The Balaban J connectivity index is 2.23. The second-order valence-corrected chi connectivity index (χ2v) is 8.75. The molecule has 3 rings (SSSR count). The molecule has 0 aliphatic carbocycles. The van der Waals surface area contributed by atoms with E-state index in [4.69, 9.17) is 4.74 Å². The van der Waals surface area contributed by atoms with E-state index in [1.54, 1.807) is 0 Å². The standard InChI is InChI=1S/C22H28NO/c1-21(2,3)19-12-15(13-20(24-19)22(4,5)6)17-14-23(7)18-11-9-8-10-16(17)18/h8-14H,1-7H3/q+1. The molecule has 0 unspecified atom stereocenters. The summed E-state index contributed by atoms with van der Waals surface area (Å²) in [6.45, 7) is 13.2. The molecule has 2 aliphatic heterocycles. The first kappa shape index (κ1) is 16.8. The summed E-state index contributed by atoms with van der Waals surface area (Å²) in [7, 11) is 2.11. The lowest BCUT2D eigenvalue weighted by molar-refractivity contribution is -0.395. The topological polar surface area (TPSA) is 12.2 Å². The molecule has 0 radical (unpaired) electrons. The average molecular weight is 322 g/mol. The van der Waals surface area contributed by atoms with Crippen LogP contribution in [0.25, 0.3) is 5.57 Å². The third-order valence-electron chi connectivity index (χ3n) is 4.48. The minimum absolute atomic E-state index is 0.0272. The summed E-state index contributed by atoms with van der Waals surface area (Å²) in [5.74, 6) is 2.05. The molecule has 1 aromatic carbocycles. The van der Waals surface area contributed by atoms with E-state index in [0.29, 0.717) is 0 Å². The Morgan fingerprint density at radius 3 is 1.92 bits per heavy atom. The van der Waals surface area contributed by atoms with E-state index in [-0.39, 0.29) is 10.8 Å². The lowest BCUT2D eigenvalue weighted by Crippen LogP contribution is -2.21. The summed E-state index contributed by atoms with van der Waals surface area (Å²) in [5, 5.41) is 0. The van der Waals surface area contributed by atoms with Crippen LogP contribution in [-0.4, -0.2) is 17.8 Å². The van der Waals surface area contributed by atoms with Crippen molar-refractivity contribution in [1.82, 2.24) is 0 Å². The number of ether oxygens (including phenoxy) is 1. The lowest BCUT2D eigenvalue weighted by Gasteiger charge is -2.32. The van der Waals surface area contributed by atoms with Crippen LogP contribution < -0.4 is 0 Å². The van der Waals surface area contributed by atoms with Crippen molar-refractivity contribution in [3.63, 3.8) is 0 Å². The Morgan fingerprint density at radius 2 is 1.38 bits per heavy atom. The number of benzene rings is 1. The second-order valence-electron chi connectivity index (χ2n) is 8.75. The van der Waals surface area contributed by atoms with Crippen molar-refractivity contribution < 1.29 is 9.31 Å². The van der Waals surface area contributed by atoms with Crippen molar-refractivity contribution >= 4 is 17.5 Å². The zero-order valence-corrected chi connectivity index (χ0v) is 15.9. The molecule has 2 heterocycles. The van der Waals surface area contributed by atoms with Gasteiger partial charge in [0.25, 0.3) is 0 Å². The highest BCUT2D eigenvalue weighted by Gasteiger charge is 2.32. The van der Waals surface area contributed by atoms with Crippen molar-refractivity contribution in [1.29, 1.82) is 0 Å². The third kappa shape index (κ3) is 2.98. The van der Waals surface area contributed by atoms with Crippen molar-refractivity contribution in [2.45, 2.75) is 41.5 Å². The van der Waals surface area contributed by atoms with Gasteiger partial charge in [-0.15, -0.1) is 0 Å². The van der Waals surface area contributed by atoms with Crippen molar-refractivity contribution in [3.05, 3.63) is 59.1 Å². The zero-order valence-electron chi connectivity index (χ0n) is 15.9. The fourth-order valence-electron chi connectivity index (χ4n) is 2.97. The molecule has 24 heavy (non-hydrogen) atoms. The molecule has 0 saturated heterocycles. The van der Waals surface area contributed by atoms with Crippen LogP contribution in [0.3, 0.4) is 0 Å². The van der Waals surface area contributed by atoms with Crippen LogP contribution in [0.4, 0.5) is 5.69 Å². The fourth-order valence-corrected chi connectivity index (χ4v) is 2.97. The molecule has 0 spiro atoms. The van der Waals surface area contributed by atoms with Crippen molar-refractivity contribution in [2.24, 2.45) is 10.8 Å². The van der Waals surface area contributed by atoms with Crippen LogP contribution in [0.15, 0.2) is 53.5 Å². The molecule has 2 aliphatic rings. The number of hydrogen-bond donors (Lipinski definition) is 0. The van der Waals surface area contributed by atoms with Gasteiger partial charge in [0, 0.05) is 16.9 Å². The van der Waals surface area contributed by atoms with Gasteiger partial charge in [-0.3, -0.25) is 0 Å². The molecule has 0 saturated carbocycles. The van der Waals surface area contributed by atoms with Crippen LogP contribution in [0, 0.1) is 10.8 Å². The molecular formula is C22H28NO+. The molecule has 2 heteroatoms. The number of para-hydroxylation sites is 1. The van der Waals surface area contributed by atoms with E-state index in [1.807, 2.05) is 0 Å². The van der Waals surface area contributed by atoms with E-state index in [9.17, 15) is 0 Å². The molecule has 0 atom stereocenters. The first-order chi connectivity index (χ1) is 11.1. The highest BCUT2D eigenvalue weighted by Crippen LogP contribution is 2.42. The summed E-state index contributed by atoms with van der Waals surface area (Å²) in [5.41, 5.74) is 4.97. The molecule has 0 fully saturated rings. The largest absolute Gasteiger partial charge is 0.465 e. The van der Waals surface area contributed by atoms with Crippen molar-refractivity contribution in [3.8, 4) is 0 Å². The molecule has 0 bridgehead atoms.